The van der Waals surface area contributed by atoms with E-state index in [1.807, 2.05) is 0 Å². The molecule has 0 aliphatic carbocycles. The average Bonchev–Trinajstić information content (AvgIpc) is 3.40. The minimum Gasteiger partial charge on any atom is -0.456 e. The maximum atomic E-state index is 6.44. The van der Waals surface area contributed by atoms with Crippen molar-refractivity contribution < 1.29 is 8.83 Å². The molecule has 3 heteroatoms. The Morgan fingerprint density at radius 3 is 1.97 bits per heavy atom. The normalized spacial score (nSPS) is 12.8. The molecule has 8 rings (SSSR count). The Labute approximate surface area is 163 Å². The summed E-state index contributed by atoms with van der Waals surface area (Å²) in [5.74, 6) is 0. The van der Waals surface area contributed by atoms with E-state index in [0.717, 1.165) is 55.0 Å². The second kappa shape index (κ2) is 4.53. The fourth-order valence-electron chi connectivity index (χ4n) is 5.24. The Balaban J connectivity index is 1.96. The fraction of sp³-hybridized carbons (Fsp3) is 0. The van der Waals surface area contributed by atoms with Crippen molar-refractivity contribution in [2.24, 2.45) is 0 Å². The lowest BCUT2D eigenvalue weighted by Crippen LogP contribution is -1.88. The highest BCUT2D eigenvalue weighted by molar-refractivity contribution is 6.31. The second-order valence-corrected chi connectivity index (χ2v) is 7.74. The summed E-state index contributed by atoms with van der Waals surface area (Å²) < 4.78 is 15.1. The SMILES string of the molecule is c1cc2oc3cccc4c3c2c(c1)c1cccc2oc3c5ccccc5n4c3c21. The molecular formula is C26H13NO2. The first-order valence-electron chi connectivity index (χ1n) is 9.80. The van der Waals surface area contributed by atoms with Crippen LogP contribution in [0.3, 0.4) is 0 Å². The van der Waals surface area contributed by atoms with E-state index in [-0.39, 0.29) is 0 Å². The van der Waals surface area contributed by atoms with E-state index in [4.69, 9.17) is 8.83 Å². The molecule has 0 fully saturated rings. The molecule has 0 aliphatic rings. The van der Waals surface area contributed by atoms with Crippen LogP contribution in [0.5, 0.6) is 0 Å². The van der Waals surface area contributed by atoms with Crippen molar-refractivity contribution >= 4 is 71.2 Å². The second-order valence-electron chi connectivity index (χ2n) is 7.74. The van der Waals surface area contributed by atoms with Crippen molar-refractivity contribution in [1.82, 2.24) is 4.40 Å². The molecule has 29 heavy (non-hydrogen) atoms. The molecule has 0 atom stereocenters. The van der Waals surface area contributed by atoms with Gasteiger partial charge in [-0.05, 0) is 47.2 Å². The van der Waals surface area contributed by atoms with Gasteiger partial charge in [-0.3, -0.25) is 0 Å². The molecule has 4 aromatic carbocycles. The lowest BCUT2D eigenvalue weighted by atomic mass is 10.0. The summed E-state index contributed by atoms with van der Waals surface area (Å²) in [5.41, 5.74) is 7.11. The van der Waals surface area contributed by atoms with Crippen LogP contribution in [0.2, 0.25) is 0 Å². The largest absolute Gasteiger partial charge is 0.456 e. The number of nitrogens with zero attached hydrogens (tertiary/aromatic N) is 1. The lowest BCUT2D eigenvalue weighted by molar-refractivity contribution is 0.669. The van der Waals surface area contributed by atoms with Crippen LogP contribution < -0.4 is 0 Å². The zero-order valence-corrected chi connectivity index (χ0v) is 15.3. The van der Waals surface area contributed by atoms with Crippen LogP contribution in [-0.4, -0.2) is 4.40 Å². The topological polar surface area (TPSA) is 30.7 Å². The number of aromatic nitrogens is 1. The molecular weight excluding hydrogens is 358 g/mol. The maximum absolute atomic E-state index is 6.44. The smallest absolute Gasteiger partial charge is 0.161 e. The summed E-state index contributed by atoms with van der Waals surface area (Å²) in [7, 11) is 0. The number of hydrogen-bond donors (Lipinski definition) is 0. The zero-order chi connectivity index (χ0) is 18.7. The van der Waals surface area contributed by atoms with Crippen molar-refractivity contribution in [3.05, 3.63) is 78.9 Å². The standard InChI is InChI=1S/C26H13NO2/c1-2-9-17-16(6-1)26-25-23-15(8-4-12-20(23)29-26)14-7-3-11-19-22(14)24-18(27(17)25)10-5-13-21(24)28-19/h1-13H. The molecule has 0 aliphatic heterocycles. The number of furan rings is 2. The van der Waals surface area contributed by atoms with Crippen LogP contribution in [0, 0.1) is 0 Å². The van der Waals surface area contributed by atoms with E-state index in [1.165, 1.54) is 16.2 Å². The van der Waals surface area contributed by atoms with Crippen molar-refractivity contribution in [3.8, 4) is 0 Å². The predicted molar refractivity (Wildman–Crippen MR) is 118 cm³/mol. The van der Waals surface area contributed by atoms with Crippen LogP contribution in [0.25, 0.3) is 71.2 Å². The van der Waals surface area contributed by atoms with Gasteiger partial charge < -0.3 is 13.2 Å². The molecule has 3 nitrogen and oxygen atoms in total. The molecule has 0 spiro atoms. The minimum absolute atomic E-state index is 0.912. The summed E-state index contributed by atoms with van der Waals surface area (Å²) >= 11 is 0. The van der Waals surface area contributed by atoms with E-state index >= 15 is 0 Å². The van der Waals surface area contributed by atoms with Crippen molar-refractivity contribution in [3.63, 3.8) is 0 Å². The summed E-state index contributed by atoms with van der Waals surface area (Å²) in [6.07, 6.45) is 0. The lowest BCUT2D eigenvalue weighted by Gasteiger charge is -2.06. The number of para-hydroxylation sites is 1. The molecule has 134 valence electrons. The molecule has 0 saturated carbocycles. The van der Waals surface area contributed by atoms with Crippen LogP contribution >= 0.6 is 0 Å². The predicted octanol–water partition coefficient (Wildman–Crippen LogP) is 7.48. The molecule has 0 unspecified atom stereocenters. The first-order valence-corrected chi connectivity index (χ1v) is 9.80. The summed E-state index contributed by atoms with van der Waals surface area (Å²) in [6.45, 7) is 0. The molecule has 0 N–H and O–H groups in total. The Morgan fingerprint density at radius 2 is 1.10 bits per heavy atom. The van der Waals surface area contributed by atoms with Crippen molar-refractivity contribution in [2.45, 2.75) is 0 Å². The quantitative estimate of drug-likeness (QED) is 0.276. The Kier molecular flexibility index (Phi) is 2.20. The molecule has 4 heterocycles. The highest BCUT2D eigenvalue weighted by atomic mass is 16.3. The summed E-state index contributed by atoms with van der Waals surface area (Å²) in [5, 5.41) is 7.00. The fourth-order valence-corrected chi connectivity index (χ4v) is 5.24. The van der Waals surface area contributed by atoms with Crippen molar-refractivity contribution in [1.29, 1.82) is 0 Å². The Hall–Kier alpha value is -3.98. The van der Waals surface area contributed by atoms with E-state index in [0.29, 0.717) is 0 Å². The van der Waals surface area contributed by atoms with Gasteiger partial charge in [-0.1, -0.05) is 42.5 Å². The van der Waals surface area contributed by atoms with Gasteiger partial charge in [-0.2, -0.15) is 0 Å². The highest BCUT2D eigenvalue weighted by Gasteiger charge is 2.22. The number of rotatable bonds is 0. The minimum atomic E-state index is 0.912. The summed E-state index contributed by atoms with van der Waals surface area (Å²) in [6, 6.07) is 27.5. The third-order valence-corrected chi connectivity index (χ3v) is 6.33. The molecule has 0 amide bonds. The van der Waals surface area contributed by atoms with Crippen LogP contribution in [0.1, 0.15) is 0 Å². The van der Waals surface area contributed by atoms with Gasteiger partial charge >= 0.3 is 0 Å². The van der Waals surface area contributed by atoms with Gasteiger partial charge in [-0.15, -0.1) is 0 Å². The van der Waals surface area contributed by atoms with Gasteiger partial charge in [0.2, 0.25) is 0 Å². The third-order valence-electron chi connectivity index (χ3n) is 6.33. The molecule has 0 radical (unpaired) electrons. The molecule has 0 saturated heterocycles. The number of fused-ring (bicyclic) bond motifs is 5. The van der Waals surface area contributed by atoms with Gasteiger partial charge in [0, 0.05) is 10.8 Å². The van der Waals surface area contributed by atoms with Crippen LogP contribution in [0.15, 0.2) is 87.7 Å². The average molecular weight is 371 g/mol. The molecule has 0 bridgehead atoms. The third kappa shape index (κ3) is 1.47. The number of hydrogen-bond acceptors (Lipinski definition) is 2. The first-order chi connectivity index (χ1) is 14.4. The Bertz CT molecular complexity index is 1910. The van der Waals surface area contributed by atoms with Gasteiger partial charge in [0.05, 0.1) is 21.8 Å². The van der Waals surface area contributed by atoms with Gasteiger partial charge in [0.25, 0.3) is 0 Å². The maximum Gasteiger partial charge on any atom is 0.161 e. The molecule has 8 aromatic rings. The Morgan fingerprint density at radius 1 is 0.483 bits per heavy atom. The highest BCUT2D eigenvalue weighted by Crippen LogP contribution is 2.44. The monoisotopic (exact) mass is 371 g/mol. The van der Waals surface area contributed by atoms with Gasteiger partial charge in [0.15, 0.2) is 5.58 Å². The van der Waals surface area contributed by atoms with Gasteiger partial charge in [-0.25, -0.2) is 0 Å². The van der Waals surface area contributed by atoms with Crippen molar-refractivity contribution in [2.75, 3.05) is 0 Å². The first kappa shape index (κ1) is 14.1. The zero-order valence-electron chi connectivity index (χ0n) is 15.3. The molecule has 4 aromatic heterocycles. The van der Waals surface area contributed by atoms with Crippen LogP contribution in [0.4, 0.5) is 0 Å². The van der Waals surface area contributed by atoms with E-state index in [2.05, 4.69) is 83.3 Å². The van der Waals surface area contributed by atoms with E-state index in [1.54, 1.807) is 0 Å². The number of benzene rings is 4. The summed E-state index contributed by atoms with van der Waals surface area (Å²) in [4.78, 5) is 0. The van der Waals surface area contributed by atoms with E-state index < -0.39 is 0 Å². The van der Waals surface area contributed by atoms with Gasteiger partial charge in [0.1, 0.15) is 22.3 Å². The van der Waals surface area contributed by atoms with Crippen LogP contribution in [-0.2, 0) is 0 Å². The van der Waals surface area contributed by atoms with E-state index in [9.17, 15) is 0 Å².